The number of methoxy groups -OCH3 is 1. The SMILES string of the molecule is COc1ccc(-c2ccc(-c3nc4cccnc4n3Cc3ccccc3)cc2)cc1. The Morgan fingerprint density at radius 3 is 2.10 bits per heavy atom. The minimum absolute atomic E-state index is 0.726. The average Bonchev–Trinajstić information content (AvgIpc) is 3.18. The van der Waals surface area contributed by atoms with Crippen molar-refractivity contribution in [2.24, 2.45) is 0 Å². The summed E-state index contributed by atoms with van der Waals surface area (Å²) in [5.74, 6) is 1.78. The zero-order valence-electron chi connectivity index (χ0n) is 16.7. The third kappa shape index (κ3) is 3.44. The van der Waals surface area contributed by atoms with Crippen molar-refractivity contribution in [3.8, 4) is 28.3 Å². The Balaban J connectivity index is 1.54. The summed E-state index contributed by atoms with van der Waals surface area (Å²) in [6.07, 6.45) is 1.82. The molecule has 0 aliphatic heterocycles. The summed E-state index contributed by atoms with van der Waals surface area (Å²) in [6, 6.07) is 31.0. The normalized spacial score (nSPS) is 11.0. The van der Waals surface area contributed by atoms with Crippen LogP contribution in [0, 0.1) is 0 Å². The molecular weight excluding hydrogens is 370 g/mol. The van der Waals surface area contributed by atoms with Gasteiger partial charge in [-0.25, -0.2) is 9.97 Å². The molecule has 4 heteroatoms. The first-order valence-corrected chi connectivity index (χ1v) is 9.92. The monoisotopic (exact) mass is 391 g/mol. The summed E-state index contributed by atoms with van der Waals surface area (Å²) in [4.78, 5) is 9.48. The summed E-state index contributed by atoms with van der Waals surface area (Å²) in [5, 5.41) is 0. The highest BCUT2D eigenvalue weighted by Crippen LogP contribution is 2.28. The summed E-state index contributed by atoms with van der Waals surface area (Å²) in [7, 11) is 1.68. The van der Waals surface area contributed by atoms with Gasteiger partial charge in [0, 0.05) is 11.8 Å². The van der Waals surface area contributed by atoms with Crippen LogP contribution < -0.4 is 4.74 Å². The fourth-order valence-corrected chi connectivity index (χ4v) is 3.69. The maximum Gasteiger partial charge on any atom is 0.160 e. The van der Waals surface area contributed by atoms with Crippen LogP contribution in [0.1, 0.15) is 5.56 Å². The van der Waals surface area contributed by atoms with E-state index in [4.69, 9.17) is 9.72 Å². The van der Waals surface area contributed by atoms with Crippen molar-refractivity contribution in [3.05, 3.63) is 103 Å². The average molecular weight is 391 g/mol. The Hall–Kier alpha value is -3.92. The molecule has 0 atom stereocenters. The van der Waals surface area contributed by atoms with Crippen LogP contribution >= 0.6 is 0 Å². The highest BCUT2D eigenvalue weighted by molar-refractivity contribution is 5.78. The number of hydrogen-bond acceptors (Lipinski definition) is 3. The van der Waals surface area contributed by atoms with Crippen LogP contribution in [-0.4, -0.2) is 21.6 Å². The number of hydrogen-bond donors (Lipinski definition) is 0. The first kappa shape index (κ1) is 18.1. The fourth-order valence-electron chi connectivity index (χ4n) is 3.69. The topological polar surface area (TPSA) is 39.9 Å². The van der Waals surface area contributed by atoms with Gasteiger partial charge in [-0.1, -0.05) is 66.7 Å². The minimum Gasteiger partial charge on any atom is -0.497 e. The van der Waals surface area contributed by atoms with Gasteiger partial charge < -0.3 is 9.30 Å². The number of imidazole rings is 1. The molecule has 0 aliphatic carbocycles. The van der Waals surface area contributed by atoms with Crippen LogP contribution in [-0.2, 0) is 6.54 Å². The lowest BCUT2D eigenvalue weighted by molar-refractivity contribution is 0.415. The Morgan fingerprint density at radius 1 is 0.733 bits per heavy atom. The molecule has 0 aliphatic rings. The molecule has 146 valence electrons. The minimum atomic E-state index is 0.726. The predicted octanol–water partition coefficient (Wildman–Crippen LogP) is 5.82. The molecule has 4 nitrogen and oxygen atoms in total. The van der Waals surface area contributed by atoms with Gasteiger partial charge in [-0.3, -0.25) is 0 Å². The molecular formula is C26H21N3O. The molecule has 0 radical (unpaired) electrons. The smallest absolute Gasteiger partial charge is 0.160 e. The number of pyridine rings is 1. The zero-order chi connectivity index (χ0) is 20.3. The number of rotatable bonds is 5. The molecule has 0 amide bonds. The largest absolute Gasteiger partial charge is 0.497 e. The van der Waals surface area contributed by atoms with Gasteiger partial charge in [-0.05, 0) is 41.0 Å². The lowest BCUT2D eigenvalue weighted by atomic mass is 10.0. The molecule has 30 heavy (non-hydrogen) atoms. The molecule has 5 rings (SSSR count). The first-order valence-electron chi connectivity index (χ1n) is 9.92. The number of ether oxygens (including phenoxy) is 1. The van der Waals surface area contributed by atoms with E-state index in [9.17, 15) is 0 Å². The van der Waals surface area contributed by atoms with E-state index < -0.39 is 0 Å². The van der Waals surface area contributed by atoms with Crippen LogP contribution in [0.25, 0.3) is 33.7 Å². The van der Waals surface area contributed by atoms with Crippen molar-refractivity contribution in [3.63, 3.8) is 0 Å². The maximum atomic E-state index is 5.26. The van der Waals surface area contributed by atoms with Crippen molar-refractivity contribution in [2.75, 3.05) is 7.11 Å². The van der Waals surface area contributed by atoms with Crippen LogP contribution in [0.4, 0.5) is 0 Å². The molecule has 2 aromatic heterocycles. The number of fused-ring (bicyclic) bond motifs is 1. The maximum absolute atomic E-state index is 5.26. The predicted molar refractivity (Wildman–Crippen MR) is 120 cm³/mol. The zero-order valence-corrected chi connectivity index (χ0v) is 16.7. The molecule has 0 unspecified atom stereocenters. The van der Waals surface area contributed by atoms with Gasteiger partial charge in [0.2, 0.25) is 0 Å². The summed E-state index contributed by atoms with van der Waals surface area (Å²) < 4.78 is 7.44. The van der Waals surface area contributed by atoms with Crippen LogP contribution in [0.3, 0.4) is 0 Å². The Labute approximate surface area is 175 Å². The molecule has 0 saturated carbocycles. The summed E-state index contributed by atoms with van der Waals surface area (Å²) >= 11 is 0. The molecule has 0 N–H and O–H groups in total. The Bertz CT molecular complexity index is 1270. The Kier molecular flexibility index (Phi) is 4.74. The van der Waals surface area contributed by atoms with Gasteiger partial charge in [-0.15, -0.1) is 0 Å². The number of aromatic nitrogens is 3. The highest BCUT2D eigenvalue weighted by Gasteiger charge is 2.14. The molecule has 5 aromatic rings. The first-order chi connectivity index (χ1) is 14.8. The van der Waals surface area contributed by atoms with E-state index >= 15 is 0 Å². The van der Waals surface area contributed by atoms with Crippen LogP contribution in [0.2, 0.25) is 0 Å². The molecule has 0 saturated heterocycles. The van der Waals surface area contributed by atoms with Crippen molar-refractivity contribution >= 4 is 11.2 Å². The second-order valence-corrected chi connectivity index (χ2v) is 7.16. The van der Waals surface area contributed by atoms with Gasteiger partial charge in [-0.2, -0.15) is 0 Å². The van der Waals surface area contributed by atoms with E-state index in [-0.39, 0.29) is 0 Å². The molecule has 2 heterocycles. The van der Waals surface area contributed by atoms with E-state index in [1.807, 2.05) is 36.5 Å². The van der Waals surface area contributed by atoms with Crippen LogP contribution in [0.5, 0.6) is 5.75 Å². The quantitative estimate of drug-likeness (QED) is 0.379. The van der Waals surface area contributed by atoms with Gasteiger partial charge in [0.05, 0.1) is 13.7 Å². The molecule has 0 bridgehead atoms. The molecule has 0 fully saturated rings. The second kappa shape index (κ2) is 7.84. The number of nitrogens with zero attached hydrogens (tertiary/aromatic N) is 3. The van der Waals surface area contributed by atoms with Gasteiger partial charge >= 0.3 is 0 Å². The highest BCUT2D eigenvalue weighted by atomic mass is 16.5. The van der Waals surface area contributed by atoms with Gasteiger partial charge in [0.25, 0.3) is 0 Å². The van der Waals surface area contributed by atoms with Gasteiger partial charge in [0.15, 0.2) is 5.65 Å². The van der Waals surface area contributed by atoms with E-state index in [1.54, 1.807) is 7.11 Å². The number of benzene rings is 3. The second-order valence-electron chi connectivity index (χ2n) is 7.16. The van der Waals surface area contributed by atoms with E-state index in [0.717, 1.165) is 46.0 Å². The van der Waals surface area contributed by atoms with Crippen LogP contribution in [0.15, 0.2) is 97.2 Å². The van der Waals surface area contributed by atoms with E-state index in [1.165, 1.54) is 5.56 Å². The fraction of sp³-hybridized carbons (Fsp3) is 0.0769. The van der Waals surface area contributed by atoms with Crippen molar-refractivity contribution in [1.29, 1.82) is 0 Å². The van der Waals surface area contributed by atoms with Crippen molar-refractivity contribution in [2.45, 2.75) is 6.54 Å². The summed E-state index contributed by atoms with van der Waals surface area (Å²) in [6.45, 7) is 0.726. The van der Waals surface area contributed by atoms with Crippen molar-refractivity contribution < 1.29 is 4.74 Å². The lowest BCUT2D eigenvalue weighted by Crippen LogP contribution is -2.03. The Morgan fingerprint density at radius 2 is 1.40 bits per heavy atom. The standard InChI is InChI=1S/C26H21N3O/c1-30-23-15-13-21(14-16-23)20-9-11-22(12-10-20)25-28-24-8-5-17-27-26(24)29(25)18-19-6-3-2-4-7-19/h2-17H,18H2,1H3. The third-order valence-corrected chi connectivity index (χ3v) is 5.25. The van der Waals surface area contributed by atoms with E-state index in [0.29, 0.717) is 0 Å². The van der Waals surface area contributed by atoms with E-state index in [2.05, 4.69) is 70.2 Å². The molecule has 0 spiro atoms. The van der Waals surface area contributed by atoms with Crippen molar-refractivity contribution in [1.82, 2.24) is 14.5 Å². The van der Waals surface area contributed by atoms with Gasteiger partial charge in [0.1, 0.15) is 17.1 Å². The summed E-state index contributed by atoms with van der Waals surface area (Å²) in [5.41, 5.74) is 6.41. The third-order valence-electron chi connectivity index (χ3n) is 5.25. The molecule has 3 aromatic carbocycles. The lowest BCUT2D eigenvalue weighted by Gasteiger charge is -2.10.